The van der Waals surface area contributed by atoms with Gasteiger partial charge < -0.3 is 20.4 Å². The molecule has 3 rings (SSSR count). The second-order valence-electron chi connectivity index (χ2n) is 6.76. The lowest BCUT2D eigenvalue weighted by Gasteiger charge is -2.16. The monoisotopic (exact) mass is 401 g/mol. The second-order valence-corrected chi connectivity index (χ2v) is 6.76. The van der Waals surface area contributed by atoms with Crippen molar-refractivity contribution in [1.82, 2.24) is 15.3 Å². The largest absolute Gasteiger partial charge is 0.439 e. The van der Waals surface area contributed by atoms with Crippen molar-refractivity contribution in [2.45, 2.75) is 19.4 Å². The van der Waals surface area contributed by atoms with Gasteiger partial charge in [0.15, 0.2) is 11.6 Å². The molecule has 0 saturated carbocycles. The number of furan rings is 1. The summed E-state index contributed by atoms with van der Waals surface area (Å²) in [6, 6.07) is 10.7. The van der Waals surface area contributed by atoms with Crippen molar-refractivity contribution in [2.24, 2.45) is 0 Å². The lowest BCUT2D eigenvalue weighted by Crippen LogP contribution is -2.26. The summed E-state index contributed by atoms with van der Waals surface area (Å²) >= 11 is 0. The topological polar surface area (TPSA) is 97.3 Å². The van der Waals surface area contributed by atoms with Crippen LogP contribution >= 0.6 is 0 Å². The molecule has 0 atom stereocenters. The van der Waals surface area contributed by atoms with E-state index in [9.17, 15) is 13.6 Å². The van der Waals surface area contributed by atoms with Gasteiger partial charge in [-0.3, -0.25) is 4.79 Å². The molecule has 1 amide bonds. The second kappa shape index (κ2) is 7.86. The van der Waals surface area contributed by atoms with E-state index in [4.69, 9.17) is 10.2 Å². The van der Waals surface area contributed by atoms with Gasteiger partial charge in [-0.2, -0.15) is 0 Å². The molecule has 0 unspecified atom stereocenters. The van der Waals surface area contributed by atoms with E-state index in [0.717, 1.165) is 6.92 Å². The van der Waals surface area contributed by atoms with Gasteiger partial charge in [0.25, 0.3) is 11.8 Å². The number of aromatic nitrogens is 2. The van der Waals surface area contributed by atoms with E-state index >= 15 is 0 Å². The lowest BCUT2D eigenvalue weighted by molar-refractivity contribution is 0.0164. The summed E-state index contributed by atoms with van der Waals surface area (Å²) in [7, 11) is 3.47. The van der Waals surface area contributed by atoms with Crippen LogP contribution in [0.25, 0.3) is 11.5 Å². The Morgan fingerprint density at radius 1 is 1.21 bits per heavy atom. The molecule has 0 bridgehead atoms. The quantitative estimate of drug-likeness (QED) is 0.657. The summed E-state index contributed by atoms with van der Waals surface area (Å²) in [5.74, 6) is -2.64. The molecule has 0 aliphatic carbocycles. The maximum absolute atomic E-state index is 13.8. The molecule has 2 aromatic heterocycles. The number of rotatable bonds is 6. The Labute approximate surface area is 166 Å². The minimum Gasteiger partial charge on any atom is -0.439 e. The molecule has 0 spiro atoms. The van der Waals surface area contributed by atoms with E-state index in [0.29, 0.717) is 23.0 Å². The zero-order valence-corrected chi connectivity index (χ0v) is 16.2. The van der Waals surface area contributed by atoms with Crippen LogP contribution in [-0.4, -0.2) is 30.0 Å². The van der Waals surface area contributed by atoms with Crippen LogP contribution in [0.3, 0.4) is 0 Å². The Morgan fingerprint density at radius 3 is 2.55 bits per heavy atom. The molecule has 0 aliphatic rings. The van der Waals surface area contributed by atoms with Crippen molar-refractivity contribution in [1.29, 1.82) is 0 Å². The first kappa shape index (κ1) is 20.2. The third-order valence-electron chi connectivity index (χ3n) is 4.16. The number of hydrogen-bond acceptors (Lipinski definition) is 6. The molecule has 2 heterocycles. The van der Waals surface area contributed by atoms with E-state index in [1.54, 1.807) is 43.3 Å². The summed E-state index contributed by atoms with van der Waals surface area (Å²) in [5, 5.41) is 2.64. The number of hydrogen-bond donors (Lipinski definition) is 2. The van der Waals surface area contributed by atoms with Crippen molar-refractivity contribution >= 4 is 17.7 Å². The Balaban J connectivity index is 1.87. The third-order valence-corrected chi connectivity index (χ3v) is 4.16. The SMILES string of the molecule is CN(C)c1nc(C(=O)NCc2ccccc2C(C)(F)F)cc(-c2ccc(N)o2)n1. The van der Waals surface area contributed by atoms with E-state index in [1.165, 1.54) is 18.2 Å². The zero-order chi connectivity index (χ0) is 21.2. The average molecular weight is 401 g/mol. The molecular formula is C20H21F2N5O2. The summed E-state index contributed by atoms with van der Waals surface area (Å²) in [4.78, 5) is 22.9. The van der Waals surface area contributed by atoms with Crippen molar-refractivity contribution in [3.8, 4) is 11.5 Å². The van der Waals surface area contributed by atoms with Crippen LogP contribution < -0.4 is 16.0 Å². The zero-order valence-electron chi connectivity index (χ0n) is 16.2. The van der Waals surface area contributed by atoms with E-state index in [1.807, 2.05) is 0 Å². The first-order valence-electron chi connectivity index (χ1n) is 8.81. The Kier molecular flexibility index (Phi) is 5.49. The van der Waals surface area contributed by atoms with Gasteiger partial charge in [-0.1, -0.05) is 24.3 Å². The predicted molar refractivity (Wildman–Crippen MR) is 106 cm³/mol. The normalized spacial score (nSPS) is 11.3. The first-order chi connectivity index (χ1) is 13.6. The molecule has 3 N–H and O–H groups in total. The highest BCUT2D eigenvalue weighted by atomic mass is 19.3. The third kappa shape index (κ3) is 4.68. The van der Waals surface area contributed by atoms with Crippen molar-refractivity contribution in [2.75, 3.05) is 24.7 Å². The molecule has 0 radical (unpaired) electrons. The number of carbonyl (C=O) groups is 1. The van der Waals surface area contributed by atoms with Crippen LogP contribution in [0.1, 0.15) is 28.5 Å². The Morgan fingerprint density at radius 2 is 1.93 bits per heavy atom. The molecular weight excluding hydrogens is 380 g/mol. The van der Waals surface area contributed by atoms with E-state index in [2.05, 4.69) is 15.3 Å². The molecule has 29 heavy (non-hydrogen) atoms. The molecule has 3 aromatic rings. The van der Waals surface area contributed by atoms with Crippen LogP contribution in [0.4, 0.5) is 20.6 Å². The molecule has 152 valence electrons. The van der Waals surface area contributed by atoms with Gasteiger partial charge in [0.2, 0.25) is 5.95 Å². The number of amides is 1. The maximum atomic E-state index is 13.8. The van der Waals surface area contributed by atoms with Crippen LogP contribution in [-0.2, 0) is 12.5 Å². The molecule has 0 saturated heterocycles. The minimum absolute atomic E-state index is 0.0667. The number of benzene rings is 1. The molecule has 9 heteroatoms. The summed E-state index contributed by atoms with van der Waals surface area (Å²) in [6.07, 6.45) is 0. The number of alkyl halides is 2. The molecule has 1 aromatic carbocycles. The summed E-state index contributed by atoms with van der Waals surface area (Å²) < 4.78 is 33.0. The van der Waals surface area contributed by atoms with Crippen LogP contribution in [0.15, 0.2) is 46.9 Å². The predicted octanol–water partition coefficient (Wildman–Crippen LogP) is 3.43. The number of nitrogens with one attached hydrogen (secondary N) is 1. The van der Waals surface area contributed by atoms with Gasteiger partial charge in [0.1, 0.15) is 11.4 Å². The van der Waals surface area contributed by atoms with Crippen LogP contribution in [0.2, 0.25) is 0 Å². The van der Waals surface area contributed by atoms with Gasteiger partial charge in [0.05, 0.1) is 0 Å². The van der Waals surface area contributed by atoms with Gasteiger partial charge >= 0.3 is 0 Å². The average Bonchev–Trinajstić information content (AvgIpc) is 3.11. The van der Waals surface area contributed by atoms with Gasteiger partial charge in [-0.05, 0) is 17.7 Å². The smallest absolute Gasteiger partial charge is 0.270 e. The first-order valence-corrected chi connectivity index (χ1v) is 8.81. The lowest BCUT2D eigenvalue weighted by atomic mass is 10.0. The maximum Gasteiger partial charge on any atom is 0.270 e. The summed E-state index contributed by atoms with van der Waals surface area (Å²) in [6.45, 7) is 0.756. The standard InChI is InChI=1S/C20H21F2N5O2/c1-20(21,22)13-7-5-4-6-12(13)11-24-18(28)15-10-14(16-8-9-17(23)29-16)25-19(26-15)27(2)3/h4-10H,11,23H2,1-3H3,(H,24,28). The van der Waals surface area contributed by atoms with Gasteiger partial charge in [-0.25, -0.2) is 18.7 Å². The number of nitrogens with zero attached hydrogens (tertiary/aromatic N) is 3. The van der Waals surface area contributed by atoms with Gasteiger partial charge in [-0.15, -0.1) is 0 Å². The Bertz CT molecular complexity index is 1030. The van der Waals surface area contributed by atoms with E-state index in [-0.39, 0.29) is 23.7 Å². The number of halogens is 2. The van der Waals surface area contributed by atoms with Crippen molar-refractivity contribution in [3.05, 3.63) is 59.3 Å². The fraction of sp³-hybridized carbons (Fsp3) is 0.250. The van der Waals surface area contributed by atoms with Crippen LogP contribution in [0.5, 0.6) is 0 Å². The van der Waals surface area contributed by atoms with Crippen molar-refractivity contribution in [3.63, 3.8) is 0 Å². The number of nitrogen functional groups attached to an aromatic ring is 1. The van der Waals surface area contributed by atoms with E-state index < -0.39 is 11.8 Å². The fourth-order valence-corrected chi connectivity index (χ4v) is 2.74. The van der Waals surface area contributed by atoms with Crippen LogP contribution in [0, 0.1) is 0 Å². The molecule has 7 nitrogen and oxygen atoms in total. The fourth-order valence-electron chi connectivity index (χ4n) is 2.74. The molecule has 0 aliphatic heterocycles. The number of carbonyl (C=O) groups excluding carboxylic acids is 1. The highest BCUT2D eigenvalue weighted by molar-refractivity contribution is 5.93. The van der Waals surface area contributed by atoms with Crippen molar-refractivity contribution < 1.29 is 18.0 Å². The summed E-state index contributed by atoms with van der Waals surface area (Å²) in [5.41, 5.74) is 6.26. The number of nitrogens with two attached hydrogens (primary N) is 1. The number of anilines is 2. The highest BCUT2D eigenvalue weighted by Gasteiger charge is 2.27. The highest BCUT2D eigenvalue weighted by Crippen LogP contribution is 2.29. The van der Waals surface area contributed by atoms with Gasteiger partial charge in [0, 0.05) is 39.2 Å². The Hall–Kier alpha value is -3.49. The minimum atomic E-state index is -3.01. The molecule has 0 fully saturated rings.